The van der Waals surface area contributed by atoms with Gasteiger partial charge in [-0.15, -0.1) is 0 Å². The summed E-state index contributed by atoms with van der Waals surface area (Å²) in [4.78, 5) is 40.9. The maximum Gasteiger partial charge on any atom is 0.255 e. The number of aliphatic hydroxyl groups excluding tert-OH is 3. The van der Waals surface area contributed by atoms with Gasteiger partial charge in [-0.3, -0.25) is 19.3 Å². The number of ketones is 2. The Kier molecular flexibility index (Phi) is 5.55. The molecule has 196 valence electrons. The normalized spacial score (nSPS) is 35.2. The number of benzene rings is 1. The third-order valence-electron chi connectivity index (χ3n) is 7.67. The van der Waals surface area contributed by atoms with E-state index in [1.54, 1.807) is 6.07 Å². The monoisotopic (exact) mass is 577 g/mol. The molecule has 1 aromatic rings. The Labute approximate surface area is 217 Å². The van der Waals surface area contributed by atoms with Crippen LogP contribution in [0.3, 0.4) is 0 Å². The van der Waals surface area contributed by atoms with E-state index in [4.69, 9.17) is 28.7 Å². The van der Waals surface area contributed by atoms with Crippen LogP contribution >= 0.6 is 15.9 Å². The van der Waals surface area contributed by atoms with Crippen LogP contribution in [0.15, 0.2) is 27.4 Å². The number of Topliss-reactive ketones (excluding diaryl/α,β-unsaturated/α-hetero) is 2. The number of likely N-dealkylation sites (N-methyl/N-ethyl adjacent to an activating group) is 1. The second-order valence-corrected chi connectivity index (χ2v) is 10.4. The fraction of sp³-hybridized carbons (Fsp3) is 0.364. The summed E-state index contributed by atoms with van der Waals surface area (Å²) in [5, 5.41) is 55.2. The topological polar surface area (TPSA) is 289 Å². The van der Waals surface area contributed by atoms with Gasteiger partial charge in [0.05, 0.1) is 40.5 Å². The minimum atomic E-state index is -3.04. The van der Waals surface area contributed by atoms with Crippen molar-refractivity contribution in [3.8, 4) is 11.8 Å². The number of fused-ring (bicyclic) bond motifs is 3. The summed E-state index contributed by atoms with van der Waals surface area (Å²) in [6.45, 7) is 0. The lowest BCUT2D eigenvalue weighted by Crippen LogP contribution is -2.87. The van der Waals surface area contributed by atoms with Crippen LogP contribution in [0.1, 0.15) is 17.2 Å². The highest BCUT2D eigenvalue weighted by Gasteiger charge is 2.79. The Bertz CT molecular complexity index is 1430. The number of nitrogens with zero attached hydrogens (tertiary/aromatic N) is 2. The SMILES string of the molecule is CN(C)[C@@H]1C(=O)C(C(N)=O)=C(O)[C@@]2(C#N)C(=O)C3=C(O)c4c(cc(Br)c(N)c4O)[C@H](N)[C@@]3(N)[C@H](O)[C@@]12N. The number of aliphatic hydroxyl groups is 3. The number of nitrogen functional groups attached to an aromatic ring is 1. The third kappa shape index (κ3) is 2.66. The summed E-state index contributed by atoms with van der Waals surface area (Å²) < 4.78 is 0.148. The smallest absolute Gasteiger partial charge is 0.255 e. The molecule has 1 saturated carbocycles. The first kappa shape index (κ1) is 26.5. The quantitative estimate of drug-likeness (QED) is 0.101. The molecule has 0 spiro atoms. The van der Waals surface area contributed by atoms with Crippen molar-refractivity contribution in [1.82, 2.24) is 4.90 Å². The highest BCUT2D eigenvalue weighted by molar-refractivity contribution is 9.10. The van der Waals surface area contributed by atoms with Gasteiger partial charge in [-0.25, -0.2) is 0 Å². The number of phenols is 1. The van der Waals surface area contributed by atoms with Gasteiger partial charge in [-0.1, -0.05) is 0 Å². The molecule has 0 unspecified atom stereocenters. The average Bonchev–Trinajstić information content (AvgIpc) is 2.79. The first-order chi connectivity index (χ1) is 17.0. The molecule has 0 aliphatic heterocycles. The fourth-order valence-corrected chi connectivity index (χ4v) is 6.36. The number of nitrogens with two attached hydrogens (primary N) is 5. The molecule has 0 radical (unpaired) electrons. The van der Waals surface area contributed by atoms with E-state index in [2.05, 4.69) is 15.9 Å². The van der Waals surface area contributed by atoms with E-state index in [0.29, 0.717) is 0 Å². The third-order valence-corrected chi connectivity index (χ3v) is 8.32. The number of anilines is 1. The summed E-state index contributed by atoms with van der Waals surface area (Å²) in [6, 6.07) is -0.506. The van der Waals surface area contributed by atoms with Crippen LogP contribution in [0.2, 0.25) is 0 Å². The summed E-state index contributed by atoms with van der Waals surface area (Å²) in [6.07, 6.45) is -2.29. The number of halogens is 1. The molecule has 15 heteroatoms. The lowest BCUT2D eigenvalue weighted by Gasteiger charge is -2.62. The van der Waals surface area contributed by atoms with E-state index in [-0.39, 0.29) is 15.7 Å². The van der Waals surface area contributed by atoms with Crippen molar-refractivity contribution in [3.63, 3.8) is 0 Å². The van der Waals surface area contributed by atoms with Gasteiger partial charge in [0.2, 0.25) is 0 Å². The van der Waals surface area contributed by atoms with Crippen molar-refractivity contribution in [3.05, 3.63) is 38.6 Å². The predicted molar refractivity (Wildman–Crippen MR) is 131 cm³/mol. The summed E-state index contributed by atoms with van der Waals surface area (Å²) in [5.74, 6) is -7.18. The number of rotatable bonds is 2. The van der Waals surface area contributed by atoms with Crippen LogP contribution in [0.5, 0.6) is 5.75 Å². The minimum Gasteiger partial charge on any atom is -0.509 e. The maximum absolute atomic E-state index is 14.2. The van der Waals surface area contributed by atoms with Gasteiger partial charge in [-0.2, -0.15) is 5.26 Å². The second-order valence-electron chi connectivity index (χ2n) is 9.56. The average molecular weight is 578 g/mol. The minimum absolute atomic E-state index is 0.0524. The van der Waals surface area contributed by atoms with Crippen LogP contribution in [-0.2, 0) is 14.4 Å². The molecule has 0 aromatic heterocycles. The maximum atomic E-state index is 14.2. The molecule has 3 aliphatic rings. The van der Waals surface area contributed by atoms with Crippen molar-refractivity contribution in [2.24, 2.45) is 28.3 Å². The van der Waals surface area contributed by atoms with Crippen molar-refractivity contribution in [2.75, 3.05) is 19.8 Å². The largest absolute Gasteiger partial charge is 0.509 e. The van der Waals surface area contributed by atoms with Crippen molar-refractivity contribution in [2.45, 2.75) is 29.3 Å². The van der Waals surface area contributed by atoms with E-state index in [0.717, 1.165) is 4.90 Å². The number of nitriles is 1. The van der Waals surface area contributed by atoms with E-state index in [9.17, 15) is 40.1 Å². The van der Waals surface area contributed by atoms with E-state index < -0.39 is 86.1 Å². The molecule has 0 bridgehead atoms. The molecule has 14 nitrogen and oxygen atoms in total. The van der Waals surface area contributed by atoms with Gasteiger partial charge in [0, 0.05) is 4.47 Å². The van der Waals surface area contributed by atoms with Crippen molar-refractivity contribution in [1.29, 1.82) is 5.26 Å². The molecule has 6 atom stereocenters. The van der Waals surface area contributed by atoms with Crippen LogP contribution in [0.4, 0.5) is 5.69 Å². The highest BCUT2D eigenvalue weighted by Crippen LogP contribution is 2.60. The second kappa shape index (κ2) is 7.74. The van der Waals surface area contributed by atoms with Crippen LogP contribution in [-0.4, -0.2) is 80.1 Å². The number of hydrogen-bond acceptors (Lipinski definition) is 13. The first-order valence-corrected chi connectivity index (χ1v) is 11.4. The molecule has 0 saturated heterocycles. The standard InChI is InChI=1S/C22H24BrN7O7/c1-30(2)15-13(33)8(18(27)36)16(34)20(4-24)17(35)9-11(31)7-5(3-6(23)10(25)12(7)32)14(26)21(9,28)19(37)22(15,20)29/h3,14-15,19,31-32,34,37H,25-26,28-29H2,1-2H3,(H2,27,36)/t14-,15+,19-,20-,21+,22-/m0/s1. The fourth-order valence-electron chi connectivity index (χ4n) is 5.93. The van der Waals surface area contributed by atoms with Crippen molar-refractivity contribution < 1.29 is 34.8 Å². The highest BCUT2D eigenvalue weighted by atomic mass is 79.9. The molecular formula is C22H24BrN7O7. The summed E-state index contributed by atoms with van der Waals surface area (Å²) >= 11 is 3.14. The Morgan fingerprint density at radius 1 is 1.22 bits per heavy atom. The zero-order valence-corrected chi connectivity index (χ0v) is 21.1. The predicted octanol–water partition coefficient (Wildman–Crippen LogP) is -2.32. The number of hydrogen-bond donors (Lipinski definition) is 9. The van der Waals surface area contributed by atoms with Gasteiger partial charge in [0.15, 0.2) is 22.7 Å². The molecule has 4 rings (SSSR count). The Morgan fingerprint density at radius 2 is 1.78 bits per heavy atom. The van der Waals surface area contributed by atoms with Crippen molar-refractivity contribution >= 4 is 44.9 Å². The van der Waals surface area contributed by atoms with Crippen LogP contribution in [0.25, 0.3) is 5.76 Å². The number of aromatic hydroxyl groups is 1. The van der Waals surface area contributed by atoms with Crippen LogP contribution < -0.4 is 28.7 Å². The molecule has 1 amide bonds. The lowest BCUT2D eigenvalue weighted by molar-refractivity contribution is -0.153. The van der Waals surface area contributed by atoms with Gasteiger partial charge >= 0.3 is 0 Å². The Morgan fingerprint density at radius 3 is 2.27 bits per heavy atom. The summed E-state index contributed by atoms with van der Waals surface area (Å²) in [7, 11) is 2.63. The molecule has 1 aromatic carbocycles. The Hall–Kier alpha value is -3.52. The van der Waals surface area contributed by atoms with Crippen LogP contribution in [0, 0.1) is 16.7 Å². The number of phenolic OH excluding ortho intramolecular Hbond substituents is 1. The molecule has 37 heavy (non-hydrogen) atoms. The molecule has 3 aliphatic carbocycles. The number of primary amides is 1. The number of amides is 1. The van der Waals surface area contributed by atoms with E-state index in [1.165, 1.54) is 20.2 Å². The molecule has 0 heterocycles. The lowest BCUT2D eigenvalue weighted by atomic mass is 9.45. The van der Waals surface area contributed by atoms with E-state index in [1.807, 2.05) is 0 Å². The zero-order valence-electron chi connectivity index (χ0n) is 19.5. The summed E-state index contributed by atoms with van der Waals surface area (Å²) in [5.41, 5.74) is 19.9. The first-order valence-electron chi connectivity index (χ1n) is 10.7. The molecule has 14 N–H and O–H groups in total. The zero-order chi connectivity index (χ0) is 28.2. The van der Waals surface area contributed by atoms with Gasteiger partial charge in [0.25, 0.3) is 5.91 Å². The molecule has 1 fully saturated rings. The van der Waals surface area contributed by atoms with E-state index >= 15 is 0 Å². The number of carbonyl (C=O) groups is 3. The Balaban J connectivity index is 2.24. The van der Waals surface area contributed by atoms with Gasteiger partial charge < -0.3 is 49.1 Å². The van der Waals surface area contributed by atoms with Gasteiger partial charge in [0.1, 0.15) is 28.7 Å². The van der Waals surface area contributed by atoms with Gasteiger partial charge in [-0.05, 0) is 41.7 Å². The number of carbonyl (C=O) groups excluding carboxylic acids is 3. The molecular weight excluding hydrogens is 554 g/mol.